The summed E-state index contributed by atoms with van der Waals surface area (Å²) >= 11 is 0. The third kappa shape index (κ3) is 3.10. The van der Waals surface area contributed by atoms with Crippen LogP contribution in [0.1, 0.15) is 25.1 Å². The minimum Gasteiger partial charge on any atom is -0.481 e. The molecule has 7 heteroatoms. The normalized spacial score (nSPS) is 12.3. The highest BCUT2D eigenvalue weighted by atomic mass is 16.5. The Labute approximate surface area is 153 Å². The van der Waals surface area contributed by atoms with E-state index >= 15 is 0 Å². The van der Waals surface area contributed by atoms with E-state index in [1.165, 1.54) is 0 Å². The molecule has 0 bridgehead atoms. The van der Waals surface area contributed by atoms with Crippen LogP contribution in [0, 0.1) is 6.92 Å². The average Bonchev–Trinajstić information content (AvgIpc) is 3.04. The maximum absolute atomic E-state index is 5.55. The first kappa shape index (κ1) is 18.1. The summed E-state index contributed by atoms with van der Waals surface area (Å²) in [7, 11) is 4.94. The molecule has 26 heavy (non-hydrogen) atoms. The third-order valence-corrected chi connectivity index (χ3v) is 4.48. The van der Waals surface area contributed by atoms with Crippen molar-refractivity contribution in [3.05, 3.63) is 30.1 Å². The number of fused-ring (bicyclic) bond motifs is 1. The van der Waals surface area contributed by atoms with Crippen LogP contribution in [0.2, 0.25) is 0 Å². The molecule has 0 aliphatic heterocycles. The number of pyridine rings is 2. The largest absolute Gasteiger partial charge is 0.481 e. The molecule has 3 aromatic heterocycles. The molecule has 0 spiro atoms. The van der Waals surface area contributed by atoms with Crippen molar-refractivity contribution in [1.29, 1.82) is 0 Å². The molecular weight excluding hydrogens is 332 g/mol. The number of methoxy groups -OCH3 is 3. The summed E-state index contributed by atoms with van der Waals surface area (Å²) in [6.45, 7) is 4.64. The van der Waals surface area contributed by atoms with Gasteiger partial charge in [0.2, 0.25) is 5.88 Å². The summed E-state index contributed by atoms with van der Waals surface area (Å²) in [6, 6.07) is 6.43. The van der Waals surface area contributed by atoms with Crippen LogP contribution in [0.4, 0.5) is 0 Å². The highest BCUT2D eigenvalue weighted by Gasteiger charge is 2.22. The third-order valence-electron chi connectivity index (χ3n) is 4.48. The second kappa shape index (κ2) is 7.70. The molecular formula is C19H24N4O3. The summed E-state index contributed by atoms with van der Waals surface area (Å²) < 4.78 is 18.2. The number of nitrogens with zero attached hydrogens (tertiary/aromatic N) is 4. The summed E-state index contributed by atoms with van der Waals surface area (Å²) in [5.41, 5.74) is 4.28. The Morgan fingerprint density at radius 3 is 2.50 bits per heavy atom. The minimum atomic E-state index is 0.130. The first-order chi connectivity index (χ1) is 12.6. The van der Waals surface area contributed by atoms with E-state index in [1.54, 1.807) is 27.5 Å². The van der Waals surface area contributed by atoms with Crippen molar-refractivity contribution < 1.29 is 14.2 Å². The zero-order valence-corrected chi connectivity index (χ0v) is 15.8. The maximum atomic E-state index is 5.55. The molecule has 0 aliphatic carbocycles. The molecule has 1 unspecified atom stereocenters. The van der Waals surface area contributed by atoms with E-state index in [0.29, 0.717) is 18.5 Å². The number of aromatic nitrogens is 4. The molecule has 0 aromatic carbocycles. The van der Waals surface area contributed by atoms with Gasteiger partial charge >= 0.3 is 0 Å². The summed E-state index contributed by atoms with van der Waals surface area (Å²) in [5, 5.41) is 0. The Kier molecular flexibility index (Phi) is 5.37. The van der Waals surface area contributed by atoms with E-state index in [2.05, 4.69) is 21.5 Å². The van der Waals surface area contributed by atoms with Gasteiger partial charge in [-0.1, -0.05) is 6.92 Å². The number of hydrogen-bond acceptors (Lipinski definition) is 6. The standard InChI is InChI=1S/C19H24N4O3/c1-6-13(11-24-3)23-15-9-10-20-17(18(15)22-19(23)26-5)14-7-8-16(25-4)21-12(14)2/h7-10,13H,6,11H2,1-5H3. The monoisotopic (exact) mass is 356 g/mol. The molecule has 138 valence electrons. The van der Waals surface area contributed by atoms with Crippen LogP contribution < -0.4 is 9.47 Å². The van der Waals surface area contributed by atoms with Crippen LogP contribution in [-0.2, 0) is 4.74 Å². The van der Waals surface area contributed by atoms with Crippen molar-refractivity contribution in [1.82, 2.24) is 19.5 Å². The molecule has 0 aliphatic rings. The van der Waals surface area contributed by atoms with E-state index in [1.807, 2.05) is 25.1 Å². The number of hydrogen-bond donors (Lipinski definition) is 0. The van der Waals surface area contributed by atoms with Crippen molar-refractivity contribution in [3.63, 3.8) is 0 Å². The van der Waals surface area contributed by atoms with Gasteiger partial charge < -0.3 is 14.2 Å². The lowest BCUT2D eigenvalue weighted by Gasteiger charge is -2.18. The Morgan fingerprint density at radius 2 is 1.88 bits per heavy atom. The predicted octanol–water partition coefficient (Wildman–Crippen LogP) is 3.42. The lowest BCUT2D eigenvalue weighted by atomic mass is 10.1. The van der Waals surface area contributed by atoms with Gasteiger partial charge in [0.15, 0.2) is 0 Å². The fraction of sp³-hybridized carbons (Fsp3) is 0.421. The molecule has 3 aromatic rings. The lowest BCUT2D eigenvalue weighted by Crippen LogP contribution is -2.14. The Hall–Kier alpha value is -2.67. The molecule has 0 saturated heterocycles. The highest BCUT2D eigenvalue weighted by Crippen LogP contribution is 2.34. The van der Waals surface area contributed by atoms with Crippen molar-refractivity contribution in [2.75, 3.05) is 27.9 Å². The fourth-order valence-corrected chi connectivity index (χ4v) is 3.16. The quantitative estimate of drug-likeness (QED) is 0.646. The van der Waals surface area contributed by atoms with Crippen molar-refractivity contribution >= 4 is 11.0 Å². The van der Waals surface area contributed by atoms with E-state index < -0.39 is 0 Å². The first-order valence-electron chi connectivity index (χ1n) is 8.56. The van der Waals surface area contributed by atoms with Crippen LogP contribution >= 0.6 is 0 Å². The van der Waals surface area contributed by atoms with Gasteiger partial charge in [0.05, 0.1) is 43.8 Å². The van der Waals surface area contributed by atoms with Gasteiger partial charge in [-0.05, 0) is 25.5 Å². The topological polar surface area (TPSA) is 71.3 Å². The van der Waals surface area contributed by atoms with Gasteiger partial charge in [0, 0.05) is 24.9 Å². The highest BCUT2D eigenvalue weighted by molar-refractivity contribution is 5.91. The van der Waals surface area contributed by atoms with Crippen LogP contribution in [-0.4, -0.2) is 47.5 Å². The summed E-state index contributed by atoms with van der Waals surface area (Å²) in [4.78, 5) is 13.7. The van der Waals surface area contributed by atoms with Crippen LogP contribution in [0.25, 0.3) is 22.3 Å². The number of ether oxygens (including phenoxy) is 3. The summed E-state index contributed by atoms with van der Waals surface area (Å²) in [6.07, 6.45) is 2.69. The van der Waals surface area contributed by atoms with Gasteiger partial charge in [0.1, 0.15) is 5.52 Å². The van der Waals surface area contributed by atoms with Crippen LogP contribution in [0.5, 0.6) is 11.9 Å². The number of aryl methyl sites for hydroxylation is 1. The van der Waals surface area contributed by atoms with Crippen molar-refractivity contribution in [2.45, 2.75) is 26.3 Å². The lowest BCUT2D eigenvalue weighted by molar-refractivity contribution is 0.149. The van der Waals surface area contributed by atoms with Gasteiger partial charge in [0.25, 0.3) is 6.01 Å². The van der Waals surface area contributed by atoms with E-state index in [9.17, 15) is 0 Å². The average molecular weight is 356 g/mol. The SMILES string of the molecule is CCC(COC)n1c(OC)nc2c(-c3ccc(OC)nc3C)nccc21. The Bertz CT molecular complexity index is 907. The molecule has 0 N–H and O–H groups in total. The zero-order valence-electron chi connectivity index (χ0n) is 15.8. The van der Waals surface area contributed by atoms with Gasteiger partial charge in [-0.2, -0.15) is 4.98 Å². The molecule has 3 rings (SSSR count). The molecule has 0 radical (unpaired) electrons. The van der Waals surface area contributed by atoms with Crippen LogP contribution in [0.3, 0.4) is 0 Å². The van der Waals surface area contributed by atoms with E-state index in [0.717, 1.165) is 34.4 Å². The van der Waals surface area contributed by atoms with Gasteiger partial charge in [-0.25, -0.2) is 4.98 Å². The van der Waals surface area contributed by atoms with E-state index in [4.69, 9.17) is 19.2 Å². The minimum absolute atomic E-state index is 0.130. The fourth-order valence-electron chi connectivity index (χ4n) is 3.16. The van der Waals surface area contributed by atoms with E-state index in [-0.39, 0.29) is 6.04 Å². The maximum Gasteiger partial charge on any atom is 0.297 e. The smallest absolute Gasteiger partial charge is 0.297 e. The second-order valence-electron chi connectivity index (χ2n) is 6.00. The summed E-state index contributed by atoms with van der Waals surface area (Å²) in [5.74, 6) is 0.577. The number of rotatable bonds is 7. The molecule has 0 fully saturated rings. The van der Waals surface area contributed by atoms with Crippen molar-refractivity contribution in [3.8, 4) is 23.1 Å². The Morgan fingerprint density at radius 1 is 1.08 bits per heavy atom. The second-order valence-corrected chi connectivity index (χ2v) is 6.00. The van der Waals surface area contributed by atoms with Gasteiger partial charge in [-0.15, -0.1) is 0 Å². The van der Waals surface area contributed by atoms with Crippen LogP contribution in [0.15, 0.2) is 24.4 Å². The van der Waals surface area contributed by atoms with Crippen molar-refractivity contribution in [2.24, 2.45) is 0 Å². The molecule has 0 amide bonds. The number of imidazole rings is 1. The first-order valence-corrected chi connectivity index (χ1v) is 8.56. The zero-order chi connectivity index (χ0) is 18.7. The predicted molar refractivity (Wildman–Crippen MR) is 99.8 cm³/mol. The molecule has 0 saturated carbocycles. The Balaban J connectivity index is 2.22. The molecule has 1 atom stereocenters. The van der Waals surface area contributed by atoms with Gasteiger partial charge in [-0.3, -0.25) is 9.55 Å². The molecule has 3 heterocycles. The molecule has 7 nitrogen and oxygen atoms in total.